The number of halogens is 8. The number of aryl methyl sites for hydroxylation is 1. The van der Waals surface area contributed by atoms with Crippen LogP contribution in [0.15, 0.2) is 42.5 Å². The van der Waals surface area contributed by atoms with Crippen molar-refractivity contribution in [2.45, 2.75) is 69.3 Å². The maximum absolute atomic E-state index is 15.6. The minimum absolute atomic E-state index is 0.00704. The third-order valence-corrected chi connectivity index (χ3v) is 10.8. The third kappa shape index (κ3) is 7.84. The normalized spacial score (nSPS) is 17.9. The zero-order valence-electron chi connectivity index (χ0n) is 30.9. The number of pyridine rings is 1. The number of rotatable bonds is 9. The van der Waals surface area contributed by atoms with Crippen LogP contribution in [0.1, 0.15) is 72.6 Å². The summed E-state index contributed by atoms with van der Waals surface area (Å²) in [5.41, 5.74) is -3.83. The maximum Gasteiger partial charge on any atom is 0.435 e. The summed E-state index contributed by atoms with van der Waals surface area (Å²) in [4.78, 5) is 18.6. The van der Waals surface area contributed by atoms with Crippen molar-refractivity contribution in [3.63, 3.8) is 0 Å². The number of aromatic nitrogens is 5. The second kappa shape index (κ2) is 14.3. The van der Waals surface area contributed by atoms with E-state index in [1.54, 1.807) is 6.07 Å². The van der Waals surface area contributed by atoms with Gasteiger partial charge in [-0.25, -0.2) is 22.2 Å². The highest BCUT2D eigenvalue weighted by atomic mass is 35.5. The number of amides is 1. The van der Waals surface area contributed by atoms with Gasteiger partial charge >= 0.3 is 6.18 Å². The fourth-order valence-corrected chi connectivity index (χ4v) is 8.35. The molecule has 0 unspecified atom stereocenters. The van der Waals surface area contributed by atoms with E-state index in [9.17, 15) is 40.3 Å². The van der Waals surface area contributed by atoms with Gasteiger partial charge in [0.25, 0.3) is 5.92 Å². The standard InChI is InChI=1S/C38H33ClF7N7O4S/c1-36(2,55)12-11-21-5-6-22(23-8-10-26(39)30-32(23)52(3)50-35(30)51-58(4,56)57)31(47-21)27(15-18-13-19(40)16-20(41)14-18)48-28(54)17-53-34-29(33(49-53)38(44,45)46)24-7-9-25(24)37(34,42)43/h5-6,8,10,13-14,16,24-25,27,55H,7,9,15,17H2,1-4H3,(H,48,54)(H,50,51)/t24-,25+,27-/m0/s1. The number of fused-ring (bicyclic) bond motifs is 4. The number of benzene rings is 2. The molecule has 3 heterocycles. The molecule has 2 aliphatic carbocycles. The molecule has 3 N–H and O–H groups in total. The zero-order valence-corrected chi connectivity index (χ0v) is 32.5. The molecule has 11 nitrogen and oxygen atoms in total. The zero-order chi connectivity index (χ0) is 42.3. The Balaban J connectivity index is 1.39. The van der Waals surface area contributed by atoms with Gasteiger partial charge in [0.05, 0.1) is 33.9 Å². The summed E-state index contributed by atoms with van der Waals surface area (Å²) in [6, 6.07) is 7.16. The van der Waals surface area contributed by atoms with Crippen LogP contribution < -0.4 is 10.0 Å². The van der Waals surface area contributed by atoms with E-state index in [2.05, 4.69) is 37.1 Å². The third-order valence-electron chi connectivity index (χ3n) is 9.94. The van der Waals surface area contributed by atoms with E-state index >= 15 is 8.78 Å². The number of hydrogen-bond acceptors (Lipinski definition) is 7. The molecule has 5 aromatic rings. The Bertz CT molecular complexity index is 2660. The highest BCUT2D eigenvalue weighted by molar-refractivity contribution is 7.92. The first-order valence-electron chi connectivity index (χ1n) is 17.6. The van der Waals surface area contributed by atoms with Gasteiger partial charge in [-0.15, -0.1) is 0 Å². The minimum Gasteiger partial charge on any atom is -0.378 e. The van der Waals surface area contributed by atoms with Crippen LogP contribution in [0.4, 0.5) is 36.6 Å². The summed E-state index contributed by atoms with van der Waals surface area (Å²) in [5, 5.41) is 21.0. The van der Waals surface area contributed by atoms with Crippen LogP contribution in [0.25, 0.3) is 22.0 Å². The maximum atomic E-state index is 15.6. The number of carbonyl (C=O) groups excluding carboxylic acids is 1. The van der Waals surface area contributed by atoms with Crippen molar-refractivity contribution in [1.82, 2.24) is 29.9 Å². The van der Waals surface area contributed by atoms with Crippen LogP contribution in [-0.4, -0.2) is 55.8 Å². The lowest BCUT2D eigenvalue weighted by Gasteiger charge is -2.34. The molecule has 0 aliphatic heterocycles. The lowest BCUT2D eigenvalue weighted by molar-refractivity contribution is -0.144. The number of anilines is 1. The summed E-state index contributed by atoms with van der Waals surface area (Å²) in [5.74, 6) is -3.97. The van der Waals surface area contributed by atoms with E-state index in [0.29, 0.717) is 16.3 Å². The van der Waals surface area contributed by atoms with Gasteiger partial charge < -0.3 is 10.4 Å². The van der Waals surface area contributed by atoms with Crippen molar-refractivity contribution in [3.05, 3.63) is 93.0 Å². The van der Waals surface area contributed by atoms with Crippen molar-refractivity contribution in [2.24, 2.45) is 13.0 Å². The summed E-state index contributed by atoms with van der Waals surface area (Å²) in [6.07, 6.45) is -4.49. The van der Waals surface area contributed by atoms with E-state index in [1.807, 2.05) is 0 Å². The molecule has 20 heteroatoms. The SMILES string of the molecule is Cn1nc(NS(C)(=O)=O)c2c(Cl)ccc(-c3ccc(C#CC(C)(C)O)nc3[C@H](Cc3cc(F)cc(F)c3)NC(=O)Cn3nc(C(F)(F)F)c4c3C(F)(F)[C@@H]3CC[C@H]43)c21. The quantitative estimate of drug-likeness (QED) is 0.107. The Hall–Kier alpha value is -5.19. The number of hydrogen-bond donors (Lipinski definition) is 3. The molecule has 7 rings (SSSR count). The molecule has 1 saturated carbocycles. The lowest BCUT2D eigenvalue weighted by Crippen LogP contribution is -2.36. The van der Waals surface area contributed by atoms with Crippen LogP contribution in [-0.2, 0) is 46.9 Å². The van der Waals surface area contributed by atoms with E-state index in [-0.39, 0.29) is 57.1 Å². The topological polar surface area (TPSA) is 144 Å². The largest absolute Gasteiger partial charge is 0.435 e. The van der Waals surface area contributed by atoms with Crippen molar-refractivity contribution in [2.75, 3.05) is 11.0 Å². The van der Waals surface area contributed by atoms with E-state index < -0.39 is 93.1 Å². The van der Waals surface area contributed by atoms with Crippen molar-refractivity contribution in [1.29, 1.82) is 0 Å². The molecule has 306 valence electrons. The molecule has 2 aromatic carbocycles. The minimum atomic E-state index is -5.09. The molecule has 3 aromatic heterocycles. The molecule has 0 radical (unpaired) electrons. The Morgan fingerprint density at radius 2 is 1.74 bits per heavy atom. The second-order valence-corrected chi connectivity index (χ2v) is 17.0. The average molecular weight is 852 g/mol. The van der Waals surface area contributed by atoms with Crippen LogP contribution in [0.3, 0.4) is 0 Å². The molecule has 2 aliphatic rings. The van der Waals surface area contributed by atoms with E-state index in [0.717, 1.165) is 18.4 Å². The predicted molar refractivity (Wildman–Crippen MR) is 198 cm³/mol. The fourth-order valence-electron chi connectivity index (χ4n) is 7.61. The Labute approximate surface area is 331 Å². The predicted octanol–water partition coefficient (Wildman–Crippen LogP) is 6.98. The van der Waals surface area contributed by atoms with Crippen molar-refractivity contribution < 1.29 is 49.1 Å². The molecule has 3 atom stereocenters. The highest BCUT2D eigenvalue weighted by Crippen LogP contribution is 2.64. The number of carbonyl (C=O) groups is 1. The summed E-state index contributed by atoms with van der Waals surface area (Å²) in [7, 11) is -2.35. The van der Waals surface area contributed by atoms with Crippen LogP contribution in [0.5, 0.6) is 0 Å². The van der Waals surface area contributed by atoms with Crippen molar-refractivity contribution >= 4 is 44.3 Å². The van der Waals surface area contributed by atoms with E-state index in [1.165, 1.54) is 43.8 Å². The first-order chi connectivity index (χ1) is 26.9. The molecule has 1 fully saturated rings. The van der Waals surface area contributed by atoms with E-state index in [4.69, 9.17) is 11.6 Å². The number of nitrogens with one attached hydrogen (secondary N) is 2. The van der Waals surface area contributed by atoms with Gasteiger partial charge in [-0.05, 0) is 80.8 Å². The number of aliphatic hydroxyl groups is 1. The molecular weight excluding hydrogens is 819 g/mol. The number of nitrogens with zero attached hydrogens (tertiary/aromatic N) is 5. The molecule has 0 saturated heterocycles. The van der Waals surface area contributed by atoms with Crippen molar-refractivity contribution in [3.8, 4) is 23.0 Å². The summed E-state index contributed by atoms with van der Waals surface area (Å²) < 4.78 is 131. The first kappa shape index (κ1) is 41.0. The molecule has 58 heavy (non-hydrogen) atoms. The van der Waals surface area contributed by atoms with Crippen LogP contribution >= 0.6 is 11.6 Å². The second-order valence-electron chi connectivity index (χ2n) is 14.9. The number of sulfonamides is 1. The van der Waals surface area contributed by atoms with Gasteiger partial charge in [0.1, 0.15) is 35.2 Å². The fraction of sp³-hybridized carbons (Fsp3) is 0.368. The van der Waals surface area contributed by atoms with Crippen LogP contribution in [0, 0.1) is 29.4 Å². The van der Waals surface area contributed by atoms with Crippen LogP contribution in [0.2, 0.25) is 5.02 Å². The Kier molecular flexibility index (Phi) is 10.1. The van der Waals surface area contributed by atoms with Gasteiger partial charge in [-0.3, -0.25) is 18.9 Å². The highest BCUT2D eigenvalue weighted by Gasteiger charge is 2.63. The van der Waals surface area contributed by atoms with Gasteiger partial charge in [0, 0.05) is 35.7 Å². The number of alkyl halides is 5. The molecular formula is C38H33ClF7N7O4S. The Morgan fingerprint density at radius 3 is 2.34 bits per heavy atom. The summed E-state index contributed by atoms with van der Waals surface area (Å²) >= 11 is 6.56. The molecule has 0 bridgehead atoms. The smallest absolute Gasteiger partial charge is 0.378 e. The van der Waals surface area contributed by atoms with Gasteiger partial charge in [0.15, 0.2) is 11.5 Å². The average Bonchev–Trinajstić information content (AvgIpc) is 3.64. The molecule has 1 amide bonds. The first-order valence-corrected chi connectivity index (χ1v) is 19.9. The van der Waals surface area contributed by atoms with Gasteiger partial charge in [-0.1, -0.05) is 23.6 Å². The monoisotopic (exact) mass is 851 g/mol. The lowest BCUT2D eigenvalue weighted by atomic mass is 9.73. The molecule has 0 spiro atoms. The van der Waals surface area contributed by atoms with Gasteiger partial charge in [-0.2, -0.15) is 32.1 Å². The van der Waals surface area contributed by atoms with Gasteiger partial charge in [0.2, 0.25) is 15.9 Å². The Morgan fingerprint density at radius 1 is 1.07 bits per heavy atom. The summed E-state index contributed by atoms with van der Waals surface area (Å²) in [6.45, 7) is 1.73.